The Kier molecular flexibility index (Phi) is 4.11. The molecule has 0 unspecified atom stereocenters. The fourth-order valence-electron chi connectivity index (χ4n) is 2.41. The number of hydrogen-bond donors (Lipinski definition) is 1. The number of nitro benzene ring substituents is 1. The molecule has 0 aromatic heterocycles. The van der Waals surface area contributed by atoms with E-state index in [-0.39, 0.29) is 11.3 Å². The fourth-order valence-corrected chi connectivity index (χ4v) is 2.41. The highest BCUT2D eigenvalue weighted by molar-refractivity contribution is 5.96. The van der Waals surface area contributed by atoms with Crippen molar-refractivity contribution in [1.82, 2.24) is 4.90 Å². The van der Waals surface area contributed by atoms with Gasteiger partial charge in [-0.3, -0.25) is 19.8 Å². The third kappa shape index (κ3) is 3.29. The lowest BCUT2D eigenvalue weighted by Gasteiger charge is -2.26. The lowest BCUT2D eigenvalue weighted by molar-refractivity contribution is -0.385. The van der Waals surface area contributed by atoms with E-state index in [9.17, 15) is 14.9 Å². The van der Waals surface area contributed by atoms with Gasteiger partial charge in [-0.15, -0.1) is 0 Å². The molecule has 102 valence electrons. The average molecular weight is 263 g/mol. The van der Waals surface area contributed by atoms with E-state index in [1.54, 1.807) is 6.07 Å². The van der Waals surface area contributed by atoms with E-state index in [0.29, 0.717) is 6.54 Å². The number of piperidine rings is 1. The van der Waals surface area contributed by atoms with Crippen molar-refractivity contribution in [2.24, 2.45) is 5.73 Å². The van der Waals surface area contributed by atoms with E-state index < -0.39 is 10.8 Å². The van der Waals surface area contributed by atoms with Crippen LogP contribution in [-0.2, 0) is 6.54 Å². The van der Waals surface area contributed by atoms with Crippen LogP contribution in [0.1, 0.15) is 35.2 Å². The summed E-state index contributed by atoms with van der Waals surface area (Å²) in [6.07, 6.45) is 3.58. The molecule has 0 aliphatic carbocycles. The van der Waals surface area contributed by atoms with Gasteiger partial charge in [-0.2, -0.15) is 0 Å². The van der Waals surface area contributed by atoms with Gasteiger partial charge in [0.2, 0.25) is 0 Å². The van der Waals surface area contributed by atoms with E-state index in [1.165, 1.54) is 31.4 Å². The summed E-state index contributed by atoms with van der Waals surface area (Å²) >= 11 is 0. The second-order valence-corrected chi connectivity index (χ2v) is 4.81. The Morgan fingerprint density at radius 2 is 2.00 bits per heavy atom. The first-order valence-corrected chi connectivity index (χ1v) is 6.37. The van der Waals surface area contributed by atoms with Crippen LogP contribution in [0, 0.1) is 10.1 Å². The standard InChI is InChI=1S/C13H17N3O3/c14-13(17)11-5-4-10(8-12(11)16(18)19)9-15-6-2-1-3-7-15/h4-5,8H,1-3,6-7,9H2,(H2,14,17). The van der Waals surface area contributed by atoms with Gasteiger partial charge in [0.1, 0.15) is 5.56 Å². The maximum atomic E-state index is 11.1. The lowest BCUT2D eigenvalue weighted by atomic mass is 10.1. The number of hydrogen-bond acceptors (Lipinski definition) is 4. The lowest BCUT2D eigenvalue weighted by Crippen LogP contribution is -2.29. The van der Waals surface area contributed by atoms with Crippen molar-refractivity contribution in [3.05, 3.63) is 39.4 Å². The summed E-state index contributed by atoms with van der Waals surface area (Å²) in [5, 5.41) is 11.0. The molecule has 1 aromatic rings. The first-order valence-electron chi connectivity index (χ1n) is 6.37. The molecule has 19 heavy (non-hydrogen) atoms. The van der Waals surface area contributed by atoms with E-state index in [1.807, 2.05) is 0 Å². The molecular weight excluding hydrogens is 246 g/mol. The summed E-state index contributed by atoms with van der Waals surface area (Å²) in [6, 6.07) is 4.64. The Hall–Kier alpha value is -1.95. The minimum Gasteiger partial charge on any atom is -0.365 e. The number of nitro groups is 1. The zero-order valence-electron chi connectivity index (χ0n) is 10.7. The summed E-state index contributed by atoms with van der Waals surface area (Å²) in [7, 11) is 0. The summed E-state index contributed by atoms with van der Waals surface area (Å²) in [6.45, 7) is 2.72. The normalized spacial score (nSPS) is 16.2. The zero-order valence-corrected chi connectivity index (χ0v) is 10.7. The summed E-state index contributed by atoms with van der Waals surface area (Å²) in [5.41, 5.74) is 5.74. The number of rotatable bonds is 4. The van der Waals surface area contributed by atoms with Gasteiger partial charge in [0.25, 0.3) is 11.6 Å². The van der Waals surface area contributed by atoms with Crippen molar-refractivity contribution in [3.63, 3.8) is 0 Å². The Balaban J connectivity index is 2.20. The number of amides is 1. The van der Waals surface area contributed by atoms with Crippen LogP contribution in [0.5, 0.6) is 0 Å². The molecule has 0 saturated carbocycles. The van der Waals surface area contributed by atoms with Gasteiger partial charge in [-0.05, 0) is 37.6 Å². The van der Waals surface area contributed by atoms with Crippen molar-refractivity contribution in [1.29, 1.82) is 0 Å². The second kappa shape index (κ2) is 5.79. The van der Waals surface area contributed by atoms with Crippen LogP contribution in [0.4, 0.5) is 5.69 Å². The molecule has 1 aromatic carbocycles. The van der Waals surface area contributed by atoms with Crippen molar-refractivity contribution in [2.75, 3.05) is 13.1 Å². The SMILES string of the molecule is NC(=O)c1ccc(CN2CCCCC2)cc1[N+](=O)[O-]. The van der Waals surface area contributed by atoms with Crippen LogP contribution in [0.3, 0.4) is 0 Å². The molecule has 0 atom stereocenters. The molecule has 1 aliphatic rings. The average Bonchev–Trinajstić information content (AvgIpc) is 2.39. The Morgan fingerprint density at radius 1 is 1.32 bits per heavy atom. The smallest absolute Gasteiger partial charge is 0.282 e. The highest BCUT2D eigenvalue weighted by atomic mass is 16.6. The molecule has 2 N–H and O–H groups in total. The first kappa shape index (κ1) is 13.5. The Morgan fingerprint density at radius 3 is 2.58 bits per heavy atom. The number of carbonyl (C=O) groups is 1. The second-order valence-electron chi connectivity index (χ2n) is 4.81. The largest absolute Gasteiger partial charge is 0.365 e. The predicted molar refractivity (Wildman–Crippen MR) is 70.7 cm³/mol. The zero-order chi connectivity index (χ0) is 13.8. The third-order valence-corrected chi connectivity index (χ3v) is 3.38. The minimum absolute atomic E-state index is 0.0348. The highest BCUT2D eigenvalue weighted by Gasteiger charge is 2.19. The molecule has 2 rings (SSSR count). The molecule has 1 saturated heterocycles. The van der Waals surface area contributed by atoms with Gasteiger partial charge in [0.15, 0.2) is 0 Å². The molecule has 1 fully saturated rings. The Labute approximate surface area is 111 Å². The fraction of sp³-hybridized carbons (Fsp3) is 0.462. The van der Waals surface area contributed by atoms with E-state index >= 15 is 0 Å². The van der Waals surface area contributed by atoms with Crippen LogP contribution >= 0.6 is 0 Å². The summed E-state index contributed by atoms with van der Waals surface area (Å²) < 4.78 is 0. The van der Waals surface area contributed by atoms with E-state index in [0.717, 1.165) is 18.7 Å². The van der Waals surface area contributed by atoms with Gasteiger partial charge >= 0.3 is 0 Å². The predicted octanol–water partition coefficient (Wildman–Crippen LogP) is 1.68. The van der Waals surface area contributed by atoms with Crippen LogP contribution in [-0.4, -0.2) is 28.8 Å². The third-order valence-electron chi connectivity index (χ3n) is 3.38. The van der Waals surface area contributed by atoms with Gasteiger partial charge in [0.05, 0.1) is 4.92 Å². The van der Waals surface area contributed by atoms with Crippen molar-refractivity contribution in [3.8, 4) is 0 Å². The first-order chi connectivity index (χ1) is 9.08. The molecule has 0 bridgehead atoms. The molecule has 6 heteroatoms. The summed E-state index contributed by atoms with van der Waals surface area (Å²) in [5.74, 6) is -0.767. The van der Waals surface area contributed by atoms with Gasteiger partial charge in [-0.25, -0.2) is 0 Å². The molecule has 1 aliphatic heterocycles. The van der Waals surface area contributed by atoms with Crippen LogP contribution in [0.15, 0.2) is 18.2 Å². The van der Waals surface area contributed by atoms with Gasteiger partial charge < -0.3 is 5.73 Å². The van der Waals surface area contributed by atoms with E-state index in [2.05, 4.69) is 4.90 Å². The molecule has 1 amide bonds. The van der Waals surface area contributed by atoms with Crippen molar-refractivity contribution in [2.45, 2.75) is 25.8 Å². The van der Waals surface area contributed by atoms with Gasteiger partial charge in [0, 0.05) is 12.6 Å². The highest BCUT2D eigenvalue weighted by Crippen LogP contribution is 2.22. The van der Waals surface area contributed by atoms with Crippen LogP contribution < -0.4 is 5.73 Å². The molecule has 1 heterocycles. The number of carbonyl (C=O) groups excluding carboxylic acids is 1. The number of nitrogens with zero attached hydrogens (tertiary/aromatic N) is 2. The quantitative estimate of drug-likeness (QED) is 0.661. The summed E-state index contributed by atoms with van der Waals surface area (Å²) in [4.78, 5) is 23.8. The number of nitrogens with two attached hydrogens (primary N) is 1. The Bertz CT molecular complexity index is 496. The van der Waals surface area contributed by atoms with E-state index in [4.69, 9.17) is 5.73 Å². The molecular formula is C13H17N3O3. The topological polar surface area (TPSA) is 89.5 Å². The van der Waals surface area contributed by atoms with Crippen LogP contribution in [0.2, 0.25) is 0 Å². The number of primary amides is 1. The molecule has 0 spiro atoms. The monoisotopic (exact) mass is 263 g/mol. The van der Waals surface area contributed by atoms with Gasteiger partial charge in [-0.1, -0.05) is 12.5 Å². The van der Waals surface area contributed by atoms with Crippen molar-refractivity contribution >= 4 is 11.6 Å². The van der Waals surface area contributed by atoms with Crippen LogP contribution in [0.25, 0.3) is 0 Å². The maximum Gasteiger partial charge on any atom is 0.282 e. The number of benzene rings is 1. The minimum atomic E-state index is -0.767. The maximum absolute atomic E-state index is 11.1. The van der Waals surface area contributed by atoms with Crippen molar-refractivity contribution < 1.29 is 9.72 Å². The molecule has 6 nitrogen and oxygen atoms in total. The molecule has 0 radical (unpaired) electrons. The number of likely N-dealkylation sites (tertiary alicyclic amines) is 1.